The monoisotopic (exact) mass is 257 g/mol. The quantitative estimate of drug-likeness (QED) is 0.811. The summed E-state index contributed by atoms with van der Waals surface area (Å²) in [5.41, 5.74) is 2.38. The van der Waals surface area contributed by atoms with Gasteiger partial charge in [0.1, 0.15) is 0 Å². The van der Waals surface area contributed by atoms with Crippen molar-refractivity contribution in [2.75, 3.05) is 6.54 Å². The topological polar surface area (TPSA) is 12.0 Å². The second-order valence-corrected chi connectivity index (χ2v) is 5.68. The molecule has 3 heteroatoms. The van der Waals surface area contributed by atoms with E-state index in [4.69, 9.17) is 23.2 Å². The molecule has 0 heterocycles. The first kappa shape index (κ1) is 12.2. The van der Waals surface area contributed by atoms with E-state index in [-0.39, 0.29) is 0 Å². The largest absolute Gasteiger partial charge is 0.312 e. The number of hydrogen-bond donors (Lipinski definition) is 1. The van der Waals surface area contributed by atoms with Crippen LogP contribution in [0.1, 0.15) is 24.0 Å². The van der Waals surface area contributed by atoms with Crippen molar-refractivity contribution >= 4 is 23.2 Å². The van der Waals surface area contributed by atoms with E-state index in [0.717, 1.165) is 36.9 Å². The lowest BCUT2D eigenvalue weighted by Gasteiger charge is -2.31. The molecule has 0 saturated heterocycles. The molecule has 1 fully saturated rings. The van der Waals surface area contributed by atoms with Crippen molar-refractivity contribution in [1.82, 2.24) is 5.32 Å². The first-order valence-corrected chi connectivity index (χ1v) is 6.56. The molecule has 0 aromatic heterocycles. The minimum absolute atomic E-state index is 0.412. The molecule has 1 aromatic rings. The Morgan fingerprint density at radius 1 is 1.38 bits per heavy atom. The van der Waals surface area contributed by atoms with Gasteiger partial charge in [-0.3, -0.25) is 0 Å². The Kier molecular flexibility index (Phi) is 4.12. The zero-order valence-corrected chi connectivity index (χ0v) is 11.0. The van der Waals surface area contributed by atoms with Gasteiger partial charge in [0.2, 0.25) is 0 Å². The molecule has 1 aromatic carbocycles. The Hall–Kier alpha value is -0.240. The Bertz CT molecular complexity index is 359. The maximum absolute atomic E-state index is 6.15. The van der Waals surface area contributed by atoms with Crippen LogP contribution in [-0.4, -0.2) is 11.9 Å². The van der Waals surface area contributed by atoms with E-state index in [0.29, 0.717) is 5.38 Å². The van der Waals surface area contributed by atoms with E-state index in [9.17, 15) is 0 Å². The van der Waals surface area contributed by atoms with Crippen LogP contribution in [0.4, 0.5) is 0 Å². The molecule has 0 radical (unpaired) electrons. The van der Waals surface area contributed by atoms with Crippen LogP contribution in [0.3, 0.4) is 0 Å². The van der Waals surface area contributed by atoms with Crippen LogP contribution >= 0.6 is 23.2 Å². The lowest BCUT2D eigenvalue weighted by Crippen LogP contribution is -2.33. The molecule has 0 amide bonds. The number of halogens is 2. The molecule has 0 unspecified atom stereocenters. The fraction of sp³-hybridized carbons (Fsp3) is 0.538. The fourth-order valence-electron chi connectivity index (χ4n) is 2.03. The van der Waals surface area contributed by atoms with E-state index in [1.807, 2.05) is 6.07 Å². The zero-order chi connectivity index (χ0) is 11.5. The molecule has 16 heavy (non-hydrogen) atoms. The van der Waals surface area contributed by atoms with Crippen molar-refractivity contribution in [3.63, 3.8) is 0 Å². The maximum atomic E-state index is 6.15. The van der Waals surface area contributed by atoms with E-state index in [2.05, 4.69) is 24.4 Å². The van der Waals surface area contributed by atoms with Crippen molar-refractivity contribution in [2.24, 2.45) is 5.92 Å². The number of benzene rings is 1. The second kappa shape index (κ2) is 5.39. The molecule has 0 spiro atoms. The van der Waals surface area contributed by atoms with Crippen LogP contribution in [0.15, 0.2) is 18.2 Å². The summed E-state index contributed by atoms with van der Waals surface area (Å²) in [7, 11) is 0. The van der Waals surface area contributed by atoms with E-state index in [1.165, 1.54) is 11.1 Å². The minimum Gasteiger partial charge on any atom is -0.312 e. The standard InChI is InChI=1S/C13H17Cl2N/c1-9-2-3-11(13(15)4-9)8-16-7-10-5-12(14)6-10/h2-4,10,12,16H,5-8H2,1H3. The van der Waals surface area contributed by atoms with Crippen molar-refractivity contribution in [1.29, 1.82) is 0 Å². The van der Waals surface area contributed by atoms with Crippen LogP contribution in [-0.2, 0) is 6.54 Å². The Labute approximate surface area is 107 Å². The summed E-state index contributed by atoms with van der Waals surface area (Å²) < 4.78 is 0. The molecule has 1 nitrogen and oxygen atoms in total. The third-order valence-electron chi connectivity index (χ3n) is 3.14. The van der Waals surface area contributed by atoms with Gasteiger partial charge in [0.05, 0.1) is 0 Å². The van der Waals surface area contributed by atoms with Gasteiger partial charge in [0, 0.05) is 16.9 Å². The molecular formula is C13H17Cl2N. The highest BCUT2D eigenvalue weighted by molar-refractivity contribution is 6.31. The molecular weight excluding hydrogens is 241 g/mol. The van der Waals surface area contributed by atoms with Crippen molar-refractivity contribution in [3.05, 3.63) is 34.3 Å². The van der Waals surface area contributed by atoms with Crippen LogP contribution in [0.25, 0.3) is 0 Å². The zero-order valence-electron chi connectivity index (χ0n) is 9.47. The van der Waals surface area contributed by atoms with Gasteiger partial charge in [-0.05, 0) is 49.4 Å². The average molecular weight is 258 g/mol. The molecule has 1 saturated carbocycles. The predicted molar refractivity (Wildman–Crippen MR) is 70.3 cm³/mol. The van der Waals surface area contributed by atoms with Crippen molar-refractivity contribution in [2.45, 2.75) is 31.7 Å². The number of rotatable bonds is 4. The molecule has 0 bridgehead atoms. The molecule has 0 aliphatic heterocycles. The van der Waals surface area contributed by atoms with Gasteiger partial charge in [0.25, 0.3) is 0 Å². The first-order valence-electron chi connectivity index (χ1n) is 5.75. The van der Waals surface area contributed by atoms with Gasteiger partial charge in [-0.25, -0.2) is 0 Å². The van der Waals surface area contributed by atoms with Crippen LogP contribution in [0.2, 0.25) is 5.02 Å². The third kappa shape index (κ3) is 3.13. The van der Waals surface area contributed by atoms with Gasteiger partial charge < -0.3 is 5.32 Å². The minimum atomic E-state index is 0.412. The van der Waals surface area contributed by atoms with E-state index in [1.54, 1.807) is 0 Å². The third-order valence-corrected chi connectivity index (χ3v) is 3.84. The number of nitrogens with one attached hydrogen (secondary N) is 1. The molecule has 1 aliphatic carbocycles. The smallest absolute Gasteiger partial charge is 0.0453 e. The van der Waals surface area contributed by atoms with Crippen LogP contribution in [0, 0.1) is 12.8 Å². The van der Waals surface area contributed by atoms with Crippen molar-refractivity contribution in [3.8, 4) is 0 Å². The summed E-state index contributed by atoms with van der Waals surface area (Å²) in [6.07, 6.45) is 2.30. The van der Waals surface area contributed by atoms with Gasteiger partial charge in [0.15, 0.2) is 0 Å². The highest BCUT2D eigenvalue weighted by atomic mass is 35.5. The Morgan fingerprint density at radius 3 is 2.75 bits per heavy atom. The van der Waals surface area contributed by atoms with Crippen molar-refractivity contribution < 1.29 is 0 Å². The molecule has 1 N–H and O–H groups in total. The highest BCUT2D eigenvalue weighted by Gasteiger charge is 2.26. The molecule has 1 aliphatic rings. The van der Waals surface area contributed by atoms with Gasteiger partial charge in [-0.15, -0.1) is 11.6 Å². The van der Waals surface area contributed by atoms with E-state index >= 15 is 0 Å². The summed E-state index contributed by atoms with van der Waals surface area (Å²) in [5.74, 6) is 0.756. The highest BCUT2D eigenvalue weighted by Crippen LogP contribution is 2.31. The predicted octanol–water partition coefficient (Wildman–Crippen LogP) is 3.76. The molecule has 2 rings (SSSR count). The van der Waals surface area contributed by atoms with E-state index < -0.39 is 0 Å². The Balaban J connectivity index is 1.76. The lowest BCUT2D eigenvalue weighted by atomic mass is 9.85. The van der Waals surface area contributed by atoms with Crippen LogP contribution in [0.5, 0.6) is 0 Å². The summed E-state index contributed by atoms with van der Waals surface area (Å²) in [4.78, 5) is 0. The fourth-order valence-corrected chi connectivity index (χ4v) is 2.83. The number of alkyl halides is 1. The summed E-state index contributed by atoms with van der Waals surface area (Å²) in [6, 6.07) is 6.20. The SMILES string of the molecule is Cc1ccc(CNCC2CC(Cl)C2)c(Cl)c1. The molecule has 88 valence electrons. The van der Waals surface area contributed by atoms with Gasteiger partial charge in [-0.2, -0.15) is 0 Å². The summed E-state index contributed by atoms with van der Waals surface area (Å²) in [6.45, 7) is 3.95. The Morgan fingerprint density at radius 2 is 2.12 bits per heavy atom. The number of aryl methyl sites for hydroxylation is 1. The molecule has 0 atom stereocenters. The van der Waals surface area contributed by atoms with Gasteiger partial charge in [-0.1, -0.05) is 23.7 Å². The summed E-state index contributed by atoms with van der Waals surface area (Å²) >= 11 is 12.1. The normalized spacial score (nSPS) is 24.2. The number of hydrogen-bond acceptors (Lipinski definition) is 1. The van der Waals surface area contributed by atoms with Gasteiger partial charge >= 0.3 is 0 Å². The summed E-state index contributed by atoms with van der Waals surface area (Å²) in [5, 5.41) is 4.71. The maximum Gasteiger partial charge on any atom is 0.0453 e. The first-order chi connectivity index (χ1) is 7.65. The second-order valence-electron chi connectivity index (χ2n) is 4.66. The lowest BCUT2D eigenvalue weighted by molar-refractivity contribution is 0.308. The van der Waals surface area contributed by atoms with Crippen LogP contribution < -0.4 is 5.32 Å². The average Bonchev–Trinajstić information content (AvgIpc) is 2.18.